The Hall–Kier alpha value is -1.78. The van der Waals surface area contributed by atoms with Crippen molar-refractivity contribution in [1.82, 2.24) is 5.32 Å². The van der Waals surface area contributed by atoms with Crippen LogP contribution < -0.4 is 5.32 Å². The van der Waals surface area contributed by atoms with Crippen molar-refractivity contribution in [2.24, 2.45) is 0 Å². The van der Waals surface area contributed by atoms with Crippen molar-refractivity contribution in [1.29, 1.82) is 0 Å². The van der Waals surface area contributed by atoms with Gasteiger partial charge in [-0.25, -0.2) is 8.78 Å². The second-order valence-corrected chi connectivity index (χ2v) is 4.80. The molecule has 0 aliphatic carbocycles. The van der Waals surface area contributed by atoms with Crippen LogP contribution in [0.5, 0.6) is 0 Å². The first-order chi connectivity index (χ1) is 10.3. The van der Waals surface area contributed by atoms with Gasteiger partial charge in [-0.1, -0.05) is 30.3 Å². The number of benzene rings is 2. The molecule has 0 amide bonds. The number of nitrogens with one attached hydrogen (secondary N) is 1. The van der Waals surface area contributed by atoms with E-state index in [1.165, 1.54) is 11.6 Å². The summed E-state index contributed by atoms with van der Waals surface area (Å²) < 4.78 is 31.6. The predicted molar refractivity (Wildman–Crippen MR) is 78.8 cm³/mol. The fourth-order valence-corrected chi connectivity index (χ4v) is 1.96. The number of hydrogen-bond acceptors (Lipinski definition) is 2. The quantitative estimate of drug-likeness (QED) is 0.749. The lowest BCUT2D eigenvalue weighted by molar-refractivity contribution is 0.116. The highest BCUT2D eigenvalue weighted by Crippen LogP contribution is 2.10. The van der Waals surface area contributed by atoms with E-state index in [0.29, 0.717) is 6.61 Å². The Morgan fingerprint density at radius 1 is 1.00 bits per heavy atom. The maximum Gasteiger partial charge on any atom is 0.128 e. The van der Waals surface area contributed by atoms with Gasteiger partial charge < -0.3 is 10.1 Å². The average Bonchev–Trinajstić information content (AvgIpc) is 2.50. The van der Waals surface area contributed by atoms with Gasteiger partial charge in [0.2, 0.25) is 0 Å². The van der Waals surface area contributed by atoms with Crippen LogP contribution in [0.15, 0.2) is 48.5 Å². The molecule has 2 aromatic rings. The van der Waals surface area contributed by atoms with Gasteiger partial charge in [-0.3, -0.25) is 0 Å². The summed E-state index contributed by atoms with van der Waals surface area (Å²) >= 11 is 0. The van der Waals surface area contributed by atoms with Crippen LogP contribution in [0.2, 0.25) is 0 Å². The van der Waals surface area contributed by atoms with Gasteiger partial charge in [-0.05, 0) is 36.7 Å². The van der Waals surface area contributed by atoms with Crippen molar-refractivity contribution in [2.45, 2.75) is 19.6 Å². The van der Waals surface area contributed by atoms with Gasteiger partial charge in [-0.2, -0.15) is 0 Å². The second kappa shape index (κ2) is 8.49. The normalized spacial score (nSPS) is 10.8. The molecule has 0 atom stereocenters. The van der Waals surface area contributed by atoms with Crippen LogP contribution >= 0.6 is 0 Å². The Morgan fingerprint density at radius 2 is 1.81 bits per heavy atom. The van der Waals surface area contributed by atoms with Crippen LogP contribution in [0.3, 0.4) is 0 Å². The zero-order valence-corrected chi connectivity index (χ0v) is 11.8. The molecular formula is C17H19F2NO. The van der Waals surface area contributed by atoms with Crippen molar-refractivity contribution in [2.75, 3.05) is 13.2 Å². The van der Waals surface area contributed by atoms with Crippen molar-refractivity contribution in [3.63, 3.8) is 0 Å². The van der Waals surface area contributed by atoms with Gasteiger partial charge in [0, 0.05) is 18.7 Å². The molecule has 0 unspecified atom stereocenters. The number of ether oxygens (including phenoxy) is 1. The minimum atomic E-state index is -0.445. The molecule has 0 saturated carbocycles. The maximum atomic E-state index is 13.3. The fourth-order valence-electron chi connectivity index (χ4n) is 1.96. The van der Waals surface area contributed by atoms with E-state index in [9.17, 15) is 8.78 Å². The van der Waals surface area contributed by atoms with Crippen molar-refractivity contribution in [3.8, 4) is 0 Å². The lowest BCUT2D eigenvalue weighted by Gasteiger charge is -2.07. The van der Waals surface area contributed by atoms with Crippen molar-refractivity contribution < 1.29 is 13.5 Å². The minimum absolute atomic E-state index is 0.0995. The lowest BCUT2D eigenvalue weighted by atomic mass is 10.2. The third-order valence-corrected chi connectivity index (χ3v) is 3.08. The van der Waals surface area contributed by atoms with Crippen LogP contribution in [-0.2, 0) is 17.9 Å². The van der Waals surface area contributed by atoms with E-state index < -0.39 is 11.6 Å². The van der Waals surface area contributed by atoms with E-state index in [2.05, 4.69) is 17.4 Å². The van der Waals surface area contributed by atoms with Crippen LogP contribution in [0.4, 0.5) is 8.78 Å². The molecule has 0 aromatic heterocycles. The monoisotopic (exact) mass is 291 g/mol. The summed E-state index contributed by atoms with van der Waals surface area (Å²) in [7, 11) is 0. The summed E-state index contributed by atoms with van der Waals surface area (Å²) in [4.78, 5) is 0. The largest absolute Gasteiger partial charge is 0.377 e. The molecule has 112 valence electrons. The summed E-state index contributed by atoms with van der Waals surface area (Å²) in [5, 5.41) is 3.31. The molecule has 2 aromatic carbocycles. The third-order valence-electron chi connectivity index (χ3n) is 3.08. The SMILES string of the molecule is Fc1ccc(F)c(COCCCNCc2ccccc2)c1. The van der Waals surface area contributed by atoms with E-state index in [0.717, 1.165) is 31.6 Å². The highest BCUT2D eigenvalue weighted by molar-refractivity contribution is 5.17. The molecule has 0 aliphatic heterocycles. The van der Waals surface area contributed by atoms with Crippen molar-refractivity contribution in [3.05, 3.63) is 71.3 Å². The van der Waals surface area contributed by atoms with Gasteiger partial charge in [0.1, 0.15) is 11.6 Å². The molecule has 2 rings (SSSR count). The van der Waals surface area contributed by atoms with Crippen LogP contribution in [0, 0.1) is 11.6 Å². The molecule has 0 saturated heterocycles. The summed E-state index contributed by atoms with van der Waals surface area (Å²) in [6, 6.07) is 13.5. The first-order valence-corrected chi connectivity index (χ1v) is 7.02. The Kier molecular flexibility index (Phi) is 6.31. The zero-order chi connectivity index (χ0) is 14.9. The highest BCUT2D eigenvalue weighted by Gasteiger charge is 2.03. The standard InChI is InChI=1S/C17H19F2NO/c18-16-7-8-17(19)15(11-16)13-21-10-4-9-20-12-14-5-2-1-3-6-14/h1-3,5-8,11,20H,4,9-10,12-13H2. The molecule has 0 spiro atoms. The fraction of sp³-hybridized carbons (Fsp3) is 0.294. The smallest absolute Gasteiger partial charge is 0.128 e. The average molecular weight is 291 g/mol. The molecule has 1 N–H and O–H groups in total. The van der Waals surface area contributed by atoms with Gasteiger partial charge >= 0.3 is 0 Å². The molecule has 21 heavy (non-hydrogen) atoms. The predicted octanol–water partition coefficient (Wildman–Crippen LogP) is 3.66. The first-order valence-electron chi connectivity index (χ1n) is 7.02. The number of hydrogen-bond donors (Lipinski definition) is 1. The number of rotatable bonds is 8. The van der Waals surface area contributed by atoms with Crippen LogP contribution in [-0.4, -0.2) is 13.2 Å². The van der Waals surface area contributed by atoms with E-state index in [1.807, 2.05) is 18.2 Å². The highest BCUT2D eigenvalue weighted by atomic mass is 19.1. The maximum absolute atomic E-state index is 13.3. The zero-order valence-electron chi connectivity index (χ0n) is 11.8. The Balaban J connectivity index is 1.57. The van der Waals surface area contributed by atoms with E-state index >= 15 is 0 Å². The lowest BCUT2D eigenvalue weighted by Crippen LogP contribution is -2.16. The molecular weight excluding hydrogens is 272 g/mol. The van der Waals surface area contributed by atoms with Gasteiger partial charge in [-0.15, -0.1) is 0 Å². The Bertz CT molecular complexity index is 546. The molecule has 0 radical (unpaired) electrons. The summed E-state index contributed by atoms with van der Waals surface area (Å²) in [6.45, 7) is 2.25. The first kappa shape index (κ1) is 15.6. The van der Waals surface area contributed by atoms with Crippen LogP contribution in [0.25, 0.3) is 0 Å². The molecule has 2 nitrogen and oxygen atoms in total. The van der Waals surface area contributed by atoms with E-state index in [4.69, 9.17) is 4.74 Å². The van der Waals surface area contributed by atoms with E-state index in [1.54, 1.807) is 0 Å². The van der Waals surface area contributed by atoms with E-state index in [-0.39, 0.29) is 12.2 Å². The second-order valence-electron chi connectivity index (χ2n) is 4.80. The Morgan fingerprint density at radius 3 is 2.62 bits per heavy atom. The molecule has 0 aliphatic rings. The summed E-state index contributed by atoms with van der Waals surface area (Å²) in [6.07, 6.45) is 0.823. The topological polar surface area (TPSA) is 21.3 Å². The third kappa shape index (κ3) is 5.61. The summed E-state index contributed by atoms with van der Waals surface area (Å²) in [5.74, 6) is -0.877. The molecule has 0 heterocycles. The van der Waals surface area contributed by atoms with Crippen molar-refractivity contribution >= 4 is 0 Å². The number of halogens is 2. The Labute approximate surface area is 123 Å². The molecule has 4 heteroatoms. The van der Waals surface area contributed by atoms with Crippen LogP contribution in [0.1, 0.15) is 17.5 Å². The minimum Gasteiger partial charge on any atom is -0.377 e. The van der Waals surface area contributed by atoms with Gasteiger partial charge in [0.05, 0.1) is 6.61 Å². The molecule has 0 fully saturated rings. The molecule has 0 bridgehead atoms. The summed E-state index contributed by atoms with van der Waals surface area (Å²) in [5.41, 5.74) is 1.49. The van der Waals surface area contributed by atoms with Gasteiger partial charge in [0.25, 0.3) is 0 Å². The van der Waals surface area contributed by atoms with Gasteiger partial charge in [0.15, 0.2) is 0 Å².